The molecule has 0 bridgehead atoms. The molecule has 0 saturated heterocycles. The van der Waals surface area contributed by atoms with Crippen molar-refractivity contribution in [1.82, 2.24) is 18.8 Å². The number of benzene rings is 1. The molecule has 4 aromatic rings. The van der Waals surface area contributed by atoms with Crippen molar-refractivity contribution in [3.05, 3.63) is 84.6 Å². The molecule has 0 aliphatic rings. The summed E-state index contributed by atoms with van der Waals surface area (Å²) < 4.78 is 66.5. The van der Waals surface area contributed by atoms with Gasteiger partial charge in [0.15, 0.2) is 0 Å². The maximum atomic E-state index is 12.9. The standard InChI is InChI=1S/C21H16F3N5O2S/c1-28(32(30,31)19-6-2-5-17(10-19)21(22,23)24)27-13-18-12-26-20-8-7-16(14-29(18)20)15-4-3-9-25-11-15/h2-14H,1H3/b27-13+. The first-order valence-corrected chi connectivity index (χ1v) is 10.7. The Balaban J connectivity index is 1.64. The molecule has 0 radical (unpaired) electrons. The van der Waals surface area contributed by atoms with E-state index in [4.69, 9.17) is 0 Å². The zero-order chi connectivity index (χ0) is 22.9. The van der Waals surface area contributed by atoms with Crippen LogP contribution in [0.3, 0.4) is 0 Å². The van der Waals surface area contributed by atoms with Gasteiger partial charge in [-0.1, -0.05) is 12.1 Å². The van der Waals surface area contributed by atoms with Crippen LogP contribution in [0.1, 0.15) is 11.3 Å². The van der Waals surface area contributed by atoms with Gasteiger partial charge in [-0.25, -0.2) is 4.98 Å². The molecule has 1 aromatic carbocycles. The van der Waals surface area contributed by atoms with Crippen molar-refractivity contribution in [3.63, 3.8) is 0 Å². The highest BCUT2D eigenvalue weighted by Gasteiger charge is 2.32. The van der Waals surface area contributed by atoms with Gasteiger partial charge in [-0.3, -0.25) is 9.38 Å². The molecule has 0 saturated carbocycles. The molecule has 7 nitrogen and oxygen atoms in total. The third-order valence-electron chi connectivity index (χ3n) is 4.69. The number of aromatic nitrogens is 3. The second-order valence-electron chi connectivity index (χ2n) is 6.78. The SMILES string of the molecule is CN(/N=C/c1cnc2ccc(-c3cccnc3)cn12)S(=O)(=O)c1cccc(C(F)(F)F)c1. The highest BCUT2D eigenvalue weighted by molar-refractivity contribution is 7.89. The lowest BCUT2D eigenvalue weighted by Gasteiger charge is -2.15. The first-order valence-electron chi connectivity index (χ1n) is 9.24. The lowest BCUT2D eigenvalue weighted by Crippen LogP contribution is -2.22. The minimum atomic E-state index is -4.66. The summed E-state index contributed by atoms with van der Waals surface area (Å²) in [6, 6.07) is 10.9. The first-order chi connectivity index (χ1) is 15.2. The number of hydrogen-bond acceptors (Lipinski definition) is 5. The van der Waals surface area contributed by atoms with Crippen molar-refractivity contribution in [3.8, 4) is 11.1 Å². The lowest BCUT2D eigenvalue weighted by molar-refractivity contribution is -0.137. The van der Waals surface area contributed by atoms with Crippen LogP contribution in [-0.4, -0.2) is 40.5 Å². The quantitative estimate of drug-likeness (QED) is 0.333. The van der Waals surface area contributed by atoms with Crippen LogP contribution >= 0.6 is 0 Å². The molecule has 32 heavy (non-hydrogen) atoms. The fraction of sp³-hybridized carbons (Fsp3) is 0.0952. The van der Waals surface area contributed by atoms with Crippen LogP contribution in [0.4, 0.5) is 13.2 Å². The molecule has 3 heterocycles. The maximum absolute atomic E-state index is 12.9. The number of sulfonamides is 1. The van der Waals surface area contributed by atoms with Crippen LogP contribution in [0, 0.1) is 0 Å². The van der Waals surface area contributed by atoms with E-state index in [9.17, 15) is 21.6 Å². The molecule has 4 rings (SSSR count). The van der Waals surface area contributed by atoms with Gasteiger partial charge in [0, 0.05) is 36.8 Å². The Morgan fingerprint density at radius 3 is 2.59 bits per heavy atom. The largest absolute Gasteiger partial charge is 0.416 e. The summed E-state index contributed by atoms with van der Waals surface area (Å²) in [5.74, 6) is 0. The summed E-state index contributed by atoms with van der Waals surface area (Å²) in [5, 5.41) is 3.92. The van der Waals surface area contributed by atoms with Gasteiger partial charge in [0.1, 0.15) is 5.65 Å². The minimum Gasteiger partial charge on any atom is -0.298 e. The molecule has 0 aliphatic heterocycles. The van der Waals surface area contributed by atoms with Crippen LogP contribution in [0.2, 0.25) is 0 Å². The fourth-order valence-electron chi connectivity index (χ4n) is 2.99. The highest BCUT2D eigenvalue weighted by atomic mass is 32.2. The van der Waals surface area contributed by atoms with Crippen LogP contribution in [-0.2, 0) is 16.2 Å². The molecule has 0 atom stereocenters. The Labute approximate surface area is 181 Å². The number of hydrazone groups is 1. The van der Waals surface area contributed by atoms with Gasteiger partial charge in [0.25, 0.3) is 10.0 Å². The molecule has 11 heteroatoms. The average Bonchev–Trinajstić information content (AvgIpc) is 3.19. The van der Waals surface area contributed by atoms with Crippen molar-refractivity contribution in [2.45, 2.75) is 11.1 Å². The van der Waals surface area contributed by atoms with E-state index >= 15 is 0 Å². The topological polar surface area (TPSA) is 79.9 Å². The van der Waals surface area contributed by atoms with Gasteiger partial charge in [0.05, 0.1) is 28.6 Å². The molecule has 0 unspecified atom stereocenters. The Bertz CT molecular complexity index is 1400. The van der Waals surface area contributed by atoms with Crippen molar-refractivity contribution < 1.29 is 21.6 Å². The third-order valence-corrected chi connectivity index (χ3v) is 6.33. The summed E-state index contributed by atoms with van der Waals surface area (Å²) in [6.45, 7) is 0. The van der Waals surface area contributed by atoms with Gasteiger partial charge in [-0.15, -0.1) is 0 Å². The zero-order valence-electron chi connectivity index (χ0n) is 16.6. The smallest absolute Gasteiger partial charge is 0.298 e. The predicted molar refractivity (Wildman–Crippen MR) is 112 cm³/mol. The zero-order valence-corrected chi connectivity index (χ0v) is 17.4. The molecule has 164 valence electrons. The van der Waals surface area contributed by atoms with Crippen molar-refractivity contribution in [2.24, 2.45) is 5.10 Å². The van der Waals surface area contributed by atoms with Gasteiger partial charge in [-0.05, 0) is 36.4 Å². The van der Waals surface area contributed by atoms with E-state index in [1.54, 1.807) is 22.9 Å². The van der Waals surface area contributed by atoms with E-state index in [1.807, 2.05) is 24.4 Å². The van der Waals surface area contributed by atoms with Crippen molar-refractivity contribution >= 4 is 21.9 Å². The van der Waals surface area contributed by atoms with Crippen LogP contribution in [0.5, 0.6) is 0 Å². The van der Waals surface area contributed by atoms with Gasteiger partial charge < -0.3 is 0 Å². The lowest BCUT2D eigenvalue weighted by atomic mass is 10.1. The summed E-state index contributed by atoms with van der Waals surface area (Å²) >= 11 is 0. The molecule has 0 amide bonds. The van der Waals surface area contributed by atoms with Gasteiger partial charge >= 0.3 is 6.18 Å². The Morgan fingerprint density at radius 1 is 1.06 bits per heavy atom. The maximum Gasteiger partial charge on any atom is 0.416 e. The number of fused-ring (bicyclic) bond motifs is 1. The predicted octanol–water partition coefficient (Wildman–Crippen LogP) is 4.07. The van der Waals surface area contributed by atoms with Crippen molar-refractivity contribution in [1.29, 1.82) is 0 Å². The molecule has 3 aromatic heterocycles. The third kappa shape index (κ3) is 4.19. The Morgan fingerprint density at radius 2 is 1.88 bits per heavy atom. The molecule has 0 spiro atoms. The van der Waals surface area contributed by atoms with E-state index < -0.39 is 26.7 Å². The second-order valence-corrected chi connectivity index (χ2v) is 8.73. The fourth-order valence-corrected chi connectivity index (χ4v) is 3.99. The van der Waals surface area contributed by atoms with E-state index in [1.165, 1.54) is 12.4 Å². The average molecular weight is 459 g/mol. The Hall–Kier alpha value is -3.73. The highest BCUT2D eigenvalue weighted by Crippen LogP contribution is 2.31. The normalized spacial score (nSPS) is 12.5. The summed E-state index contributed by atoms with van der Waals surface area (Å²) in [4.78, 5) is 7.84. The molecular weight excluding hydrogens is 443 g/mol. The van der Waals surface area contributed by atoms with Crippen LogP contribution in [0.15, 0.2) is 83.3 Å². The number of hydrogen-bond donors (Lipinski definition) is 0. The molecule has 0 aliphatic carbocycles. The summed E-state index contributed by atoms with van der Waals surface area (Å²) in [5.41, 5.74) is 1.79. The number of nitrogens with zero attached hydrogens (tertiary/aromatic N) is 5. The number of pyridine rings is 2. The van der Waals surface area contributed by atoms with E-state index in [2.05, 4.69) is 15.1 Å². The van der Waals surface area contributed by atoms with Crippen LogP contribution in [0.25, 0.3) is 16.8 Å². The first kappa shape index (κ1) is 21.5. The van der Waals surface area contributed by atoms with E-state index in [-0.39, 0.29) is 0 Å². The molecule has 0 N–H and O–H groups in total. The van der Waals surface area contributed by atoms with E-state index in [0.717, 1.165) is 36.4 Å². The molecule has 0 fully saturated rings. The minimum absolute atomic E-state index is 0.483. The van der Waals surface area contributed by atoms with Crippen molar-refractivity contribution in [2.75, 3.05) is 7.05 Å². The number of imidazole rings is 1. The number of halogens is 3. The van der Waals surface area contributed by atoms with Crippen LogP contribution < -0.4 is 0 Å². The van der Waals surface area contributed by atoms with Gasteiger partial charge in [0.2, 0.25) is 0 Å². The van der Waals surface area contributed by atoms with Gasteiger partial charge in [-0.2, -0.15) is 31.1 Å². The second kappa shape index (κ2) is 8.08. The monoisotopic (exact) mass is 459 g/mol. The number of rotatable bonds is 5. The summed E-state index contributed by atoms with van der Waals surface area (Å²) in [7, 11) is -3.13. The number of alkyl halides is 3. The molecular formula is C21H16F3N5O2S. The summed E-state index contributed by atoms with van der Waals surface area (Å²) in [6.07, 6.45) is 3.31. The van der Waals surface area contributed by atoms with E-state index in [0.29, 0.717) is 21.8 Å². The Kier molecular flexibility index (Phi) is 5.43.